The summed E-state index contributed by atoms with van der Waals surface area (Å²) < 4.78 is 11.3. The third kappa shape index (κ3) is 5.30. The van der Waals surface area contributed by atoms with Crippen LogP contribution in [0.2, 0.25) is 10.0 Å². The van der Waals surface area contributed by atoms with Crippen molar-refractivity contribution >= 4 is 41.1 Å². The molecule has 0 radical (unpaired) electrons. The molecule has 4 rings (SSSR count). The van der Waals surface area contributed by atoms with Crippen LogP contribution in [-0.2, 0) is 9.53 Å². The highest BCUT2D eigenvalue weighted by Crippen LogP contribution is 2.45. The fraction of sp³-hybridized carbons (Fsp3) is 0.520. The number of fused-ring (bicyclic) bond motifs is 1. The minimum absolute atomic E-state index is 0.00271. The van der Waals surface area contributed by atoms with E-state index in [0.29, 0.717) is 67.1 Å². The molecule has 0 saturated carbocycles. The topological polar surface area (TPSA) is 74.7 Å². The van der Waals surface area contributed by atoms with Crippen molar-refractivity contribution in [2.24, 2.45) is 5.10 Å². The SMILES string of the molecule is C=CCOc1ccc(Cl)c(Cl)c1C1CC2=NN(C3CCN(C(=O)OC(C)(C)C)CC3)C(=C=O)N2C1. The average molecular weight is 521 g/mol. The molecule has 3 aliphatic heterocycles. The van der Waals surface area contributed by atoms with E-state index in [4.69, 9.17) is 37.8 Å². The Morgan fingerprint density at radius 2 is 2.00 bits per heavy atom. The van der Waals surface area contributed by atoms with Gasteiger partial charge in [0.15, 0.2) is 5.94 Å². The van der Waals surface area contributed by atoms with Crippen LogP contribution in [0, 0.1) is 0 Å². The molecular weight excluding hydrogens is 491 g/mol. The van der Waals surface area contributed by atoms with Crippen LogP contribution in [0.4, 0.5) is 4.79 Å². The number of amidine groups is 1. The molecule has 188 valence electrons. The summed E-state index contributed by atoms with van der Waals surface area (Å²) in [5, 5.41) is 7.44. The first kappa shape index (κ1) is 25.4. The van der Waals surface area contributed by atoms with Crippen LogP contribution in [0.3, 0.4) is 0 Å². The molecule has 1 amide bonds. The Balaban J connectivity index is 1.48. The van der Waals surface area contributed by atoms with Gasteiger partial charge < -0.3 is 19.3 Å². The Kier molecular flexibility index (Phi) is 7.36. The normalized spacial score (nSPS) is 20.5. The van der Waals surface area contributed by atoms with Crippen LogP contribution < -0.4 is 4.74 Å². The number of hydrazone groups is 1. The Bertz CT molecular complexity index is 1090. The number of amides is 1. The number of piperidine rings is 1. The number of likely N-dealkylation sites (tertiary alicyclic amines) is 1. The lowest BCUT2D eigenvalue weighted by atomic mass is 9.97. The molecule has 0 aliphatic carbocycles. The predicted molar refractivity (Wildman–Crippen MR) is 136 cm³/mol. The fourth-order valence-corrected chi connectivity index (χ4v) is 5.17. The van der Waals surface area contributed by atoms with E-state index in [1.54, 1.807) is 28.1 Å². The lowest BCUT2D eigenvalue weighted by Crippen LogP contribution is -2.46. The summed E-state index contributed by atoms with van der Waals surface area (Å²) >= 11 is 12.9. The second-order valence-electron chi connectivity index (χ2n) is 9.87. The molecule has 0 N–H and O–H groups in total. The van der Waals surface area contributed by atoms with Gasteiger partial charge in [0.25, 0.3) is 0 Å². The smallest absolute Gasteiger partial charge is 0.410 e. The van der Waals surface area contributed by atoms with Crippen LogP contribution in [-0.4, -0.2) is 70.6 Å². The second-order valence-corrected chi connectivity index (χ2v) is 10.7. The van der Waals surface area contributed by atoms with Crippen molar-refractivity contribution in [3.63, 3.8) is 0 Å². The summed E-state index contributed by atoms with van der Waals surface area (Å²) in [5.41, 5.74) is 0.270. The first-order chi connectivity index (χ1) is 16.6. The molecule has 3 aliphatic rings. The quantitative estimate of drug-likeness (QED) is 0.399. The Hall–Kier alpha value is -2.67. The number of ether oxygens (including phenoxy) is 2. The van der Waals surface area contributed by atoms with Gasteiger partial charge in [-0.3, -0.25) is 0 Å². The summed E-state index contributed by atoms with van der Waals surface area (Å²) in [7, 11) is 0. The maximum absolute atomic E-state index is 12.4. The summed E-state index contributed by atoms with van der Waals surface area (Å²) in [6.07, 6.45) is 3.30. The van der Waals surface area contributed by atoms with Crippen molar-refractivity contribution in [3.8, 4) is 5.75 Å². The third-order valence-corrected chi connectivity index (χ3v) is 7.07. The Labute approximate surface area is 215 Å². The minimum atomic E-state index is -0.536. The molecule has 1 aromatic rings. The van der Waals surface area contributed by atoms with Gasteiger partial charge in [0.2, 0.25) is 5.82 Å². The minimum Gasteiger partial charge on any atom is -0.489 e. The number of rotatable bonds is 5. The standard InChI is InChI=1S/C25H30Cl2N4O4/c1-5-12-34-19-7-6-18(26)23(27)22(19)16-13-20-28-31(21(15-32)30(20)14-16)17-8-10-29(11-9-17)24(33)35-25(2,3)4/h5-7,16-17H,1,8-14H2,2-4H3. The van der Waals surface area contributed by atoms with Crippen molar-refractivity contribution in [3.05, 3.63) is 46.2 Å². The summed E-state index contributed by atoms with van der Waals surface area (Å²) in [5.74, 6) is 3.87. The van der Waals surface area contributed by atoms with Crippen molar-refractivity contribution in [2.45, 2.75) is 57.6 Å². The maximum atomic E-state index is 12.4. The van der Waals surface area contributed by atoms with Gasteiger partial charge in [-0.2, -0.15) is 5.10 Å². The molecule has 10 heteroatoms. The molecule has 0 spiro atoms. The van der Waals surface area contributed by atoms with E-state index in [9.17, 15) is 9.59 Å². The van der Waals surface area contributed by atoms with Crippen LogP contribution in [0.15, 0.2) is 35.7 Å². The first-order valence-electron chi connectivity index (χ1n) is 11.7. The predicted octanol–water partition coefficient (Wildman–Crippen LogP) is 5.05. The van der Waals surface area contributed by atoms with Gasteiger partial charge in [-0.05, 0) is 45.7 Å². The van der Waals surface area contributed by atoms with E-state index in [2.05, 4.69) is 12.5 Å². The number of carbonyl (C=O) groups excluding carboxylic acids is 2. The molecule has 1 atom stereocenters. The molecule has 0 bridgehead atoms. The summed E-state index contributed by atoms with van der Waals surface area (Å²) in [6.45, 7) is 11.2. The molecule has 1 unspecified atom stereocenters. The van der Waals surface area contributed by atoms with Gasteiger partial charge in [-0.25, -0.2) is 14.6 Å². The van der Waals surface area contributed by atoms with E-state index in [1.165, 1.54) is 0 Å². The highest BCUT2D eigenvalue weighted by Gasteiger charge is 2.43. The number of hydrogen-bond donors (Lipinski definition) is 0. The van der Waals surface area contributed by atoms with E-state index in [-0.39, 0.29) is 18.1 Å². The zero-order chi connectivity index (χ0) is 25.3. The maximum Gasteiger partial charge on any atom is 0.410 e. The molecule has 1 aromatic carbocycles. The van der Waals surface area contributed by atoms with Gasteiger partial charge in [-0.15, -0.1) is 0 Å². The number of hydrogen-bond acceptors (Lipinski definition) is 7. The van der Waals surface area contributed by atoms with Crippen LogP contribution in [0.25, 0.3) is 0 Å². The first-order valence-corrected chi connectivity index (χ1v) is 12.5. The highest BCUT2D eigenvalue weighted by molar-refractivity contribution is 6.42. The van der Waals surface area contributed by atoms with Crippen molar-refractivity contribution < 1.29 is 19.1 Å². The lowest BCUT2D eigenvalue weighted by molar-refractivity contribution is 0.0159. The van der Waals surface area contributed by atoms with Gasteiger partial charge in [0.05, 0.1) is 16.1 Å². The monoisotopic (exact) mass is 520 g/mol. The zero-order valence-electron chi connectivity index (χ0n) is 20.2. The average Bonchev–Trinajstić information content (AvgIpc) is 3.36. The van der Waals surface area contributed by atoms with E-state index in [0.717, 1.165) is 11.4 Å². The van der Waals surface area contributed by atoms with Gasteiger partial charge in [-0.1, -0.05) is 35.9 Å². The number of nitrogens with zero attached hydrogens (tertiary/aromatic N) is 4. The third-order valence-electron chi connectivity index (χ3n) is 6.25. The molecule has 0 aromatic heterocycles. The Morgan fingerprint density at radius 1 is 1.29 bits per heavy atom. The summed E-state index contributed by atoms with van der Waals surface area (Å²) in [6, 6.07) is 3.52. The fourth-order valence-electron chi connectivity index (χ4n) is 4.69. The largest absolute Gasteiger partial charge is 0.489 e. The van der Waals surface area contributed by atoms with Gasteiger partial charge >= 0.3 is 6.09 Å². The van der Waals surface area contributed by atoms with Crippen LogP contribution in [0.1, 0.15) is 51.5 Å². The molecular formula is C25H30Cl2N4O4. The molecule has 2 saturated heterocycles. The second kappa shape index (κ2) is 10.1. The molecule has 8 nitrogen and oxygen atoms in total. The van der Waals surface area contributed by atoms with Crippen molar-refractivity contribution in [1.29, 1.82) is 0 Å². The van der Waals surface area contributed by atoms with E-state index >= 15 is 0 Å². The van der Waals surface area contributed by atoms with Crippen LogP contribution in [0.5, 0.6) is 5.75 Å². The van der Waals surface area contributed by atoms with E-state index < -0.39 is 5.60 Å². The molecule has 3 heterocycles. The number of benzene rings is 1. The number of halogens is 2. The van der Waals surface area contributed by atoms with Gasteiger partial charge in [0.1, 0.15) is 23.8 Å². The number of carbonyl (C=O) groups is 1. The van der Waals surface area contributed by atoms with Crippen molar-refractivity contribution in [1.82, 2.24) is 14.8 Å². The lowest BCUT2D eigenvalue weighted by Gasteiger charge is -2.36. The summed E-state index contributed by atoms with van der Waals surface area (Å²) in [4.78, 5) is 28.0. The molecule has 2 fully saturated rings. The zero-order valence-corrected chi connectivity index (χ0v) is 21.7. The van der Waals surface area contributed by atoms with E-state index in [1.807, 2.05) is 25.7 Å². The van der Waals surface area contributed by atoms with Gasteiger partial charge in [0, 0.05) is 37.5 Å². The molecule has 35 heavy (non-hydrogen) atoms. The van der Waals surface area contributed by atoms with Crippen molar-refractivity contribution in [2.75, 3.05) is 26.2 Å². The van der Waals surface area contributed by atoms with Crippen LogP contribution >= 0.6 is 23.2 Å². The Morgan fingerprint density at radius 3 is 2.63 bits per heavy atom. The highest BCUT2D eigenvalue weighted by atomic mass is 35.5.